The molecule has 2 fully saturated rings. The third kappa shape index (κ3) is 4.29. The van der Waals surface area contributed by atoms with Crippen molar-refractivity contribution in [2.45, 2.75) is 25.8 Å². The van der Waals surface area contributed by atoms with Crippen LogP contribution in [-0.2, 0) is 18.4 Å². The molecule has 0 radical (unpaired) electrons. The van der Waals surface area contributed by atoms with Crippen molar-refractivity contribution < 1.29 is 4.79 Å². The quantitative estimate of drug-likeness (QED) is 0.793. The maximum absolute atomic E-state index is 12.4. The van der Waals surface area contributed by atoms with E-state index >= 15 is 0 Å². The number of likely N-dealkylation sites (tertiary alicyclic amines) is 1. The molecule has 1 amide bonds. The van der Waals surface area contributed by atoms with Gasteiger partial charge in [0.2, 0.25) is 5.91 Å². The number of aromatic nitrogens is 3. The van der Waals surface area contributed by atoms with Crippen LogP contribution in [0.25, 0.3) is 0 Å². The molecule has 0 aliphatic carbocycles. The molecule has 0 N–H and O–H groups in total. The minimum atomic E-state index is 0.354. The van der Waals surface area contributed by atoms with Gasteiger partial charge in [-0.3, -0.25) is 14.4 Å². The topological polar surface area (TPSA) is 57.5 Å². The number of nitrogens with zero attached hydrogens (tertiary/aromatic N) is 6. The van der Waals surface area contributed by atoms with Gasteiger partial charge in [0.1, 0.15) is 0 Å². The first-order valence-electron chi connectivity index (χ1n) is 8.64. The third-order valence-electron chi connectivity index (χ3n) is 5.22. The van der Waals surface area contributed by atoms with Gasteiger partial charge >= 0.3 is 0 Å². The summed E-state index contributed by atoms with van der Waals surface area (Å²) >= 11 is 0. The van der Waals surface area contributed by atoms with E-state index in [1.807, 2.05) is 22.8 Å². The molecule has 2 saturated heterocycles. The van der Waals surface area contributed by atoms with E-state index in [1.165, 1.54) is 0 Å². The van der Waals surface area contributed by atoms with Gasteiger partial charge in [0, 0.05) is 46.2 Å². The number of piperazine rings is 1. The molecule has 1 aromatic heterocycles. The van der Waals surface area contributed by atoms with E-state index in [-0.39, 0.29) is 0 Å². The monoisotopic (exact) mass is 320 g/mol. The summed E-state index contributed by atoms with van der Waals surface area (Å²) in [7, 11) is 4.05. The van der Waals surface area contributed by atoms with E-state index in [9.17, 15) is 4.79 Å². The Kier molecular flexibility index (Phi) is 5.27. The second-order valence-corrected chi connectivity index (χ2v) is 6.96. The molecule has 2 aliphatic heterocycles. The Balaban J connectivity index is 1.40. The number of likely N-dealkylation sites (N-methyl/N-ethyl adjacent to an activating group) is 1. The number of hydrogen-bond donors (Lipinski definition) is 0. The van der Waals surface area contributed by atoms with Crippen LogP contribution in [-0.4, -0.2) is 81.9 Å². The van der Waals surface area contributed by atoms with Crippen LogP contribution >= 0.6 is 0 Å². The second-order valence-electron chi connectivity index (χ2n) is 6.96. The number of aryl methyl sites for hydroxylation is 1. The lowest BCUT2D eigenvalue weighted by Crippen LogP contribution is -2.47. The van der Waals surface area contributed by atoms with Crippen molar-refractivity contribution in [2.75, 3.05) is 46.3 Å². The summed E-state index contributed by atoms with van der Waals surface area (Å²) in [5.41, 5.74) is 1.15. The standard InChI is InChI=1S/C16H28N6O/c1-19-7-9-22(10-8-19)16(23)11-14-3-5-21(6-4-14)13-15-12-17-18-20(15)2/h12,14H,3-11,13H2,1-2H3. The molecule has 0 bridgehead atoms. The van der Waals surface area contributed by atoms with Crippen molar-refractivity contribution in [2.24, 2.45) is 13.0 Å². The molecule has 0 saturated carbocycles. The van der Waals surface area contributed by atoms with E-state index in [0.29, 0.717) is 11.8 Å². The molecule has 7 heteroatoms. The highest BCUT2D eigenvalue weighted by Gasteiger charge is 2.25. The molecule has 0 unspecified atom stereocenters. The lowest BCUT2D eigenvalue weighted by Gasteiger charge is -2.35. The fraction of sp³-hybridized carbons (Fsp3) is 0.812. The van der Waals surface area contributed by atoms with Crippen LogP contribution in [0.2, 0.25) is 0 Å². The summed E-state index contributed by atoms with van der Waals surface area (Å²) in [6, 6.07) is 0. The maximum Gasteiger partial charge on any atom is 0.222 e. The van der Waals surface area contributed by atoms with Crippen LogP contribution in [0, 0.1) is 5.92 Å². The summed E-state index contributed by atoms with van der Waals surface area (Å²) in [5.74, 6) is 0.899. The normalized spacial score (nSPS) is 21.7. The second kappa shape index (κ2) is 7.40. The van der Waals surface area contributed by atoms with Crippen LogP contribution in [0.5, 0.6) is 0 Å². The van der Waals surface area contributed by atoms with Gasteiger partial charge in [0.05, 0.1) is 11.9 Å². The summed E-state index contributed by atoms with van der Waals surface area (Å²) in [6.45, 7) is 6.82. The highest BCUT2D eigenvalue weighted by molar-refractivity contribution is 5.76. The Labute approximate surface area is 138 Å². The van der Waals surface area contributed by atoms with Gasteiger partial charge in [-0.2, -0.15) is 0 Å². The van der Waals surface area contributed by atoms with E-state index < -0.39 is 0 Å². The summed E-state index contributed by atoms with van der Waals surface area (Å²) in [4.78, 5) is 19.2. The fourth-order valence-corrected chi connectivity index (χ4v) is 3.46. The van der Waals surface area contributed by atoms with Crippen molar-refractivity contribution >= 4 is 5.91 Å². The van der Waals surface area contributed by atoms with Gasteiger partial charge in [-0.1, -0.05) is 5.21 Å². The van der Waals surface area contributed by atoms with Crippen molar-refractivity contribution in [3.8, 4) is 0 Å². The molecule has 7 nitrogen and oxygen atoms in total. The lowest BCUT2D eigenvalue weighted by atomic mass is 9.92. The van der Waals surface area contributed by atoms with Gasteiger partial charge in [0.25, 0.3) is 0 Å². The molecule has 1 aromatic rings. The van der Waals surface area contributed by atoms with Crippen LogP contribution in [0.15, 0.2) is 6.20 Å². The van der Waals surface area contributed by atoms with E-state index in [0.717, 1.165) is 70.8 Å². The van der Waals surface area contributed by atoms with E-state index in [2.05, 4.69) is 27.2 Å². The largest absolute Gasteiger partial charge is 0.340 e. The molecule has 0 spiro atoms. The molecule has 2 aliphatic rings. The minimum Gasteiger partial charge on any atom is -0.340 e. The Morgan fingerprint density at radius 1 is 1.13 bits per heavy atom. The van der Waals surface area contributed by atoms with Crippen molar-refractivity contribution in [1.82, 2.24) is 29.7 Å². The number of rotatable bonds is 4. The van der Waals surface area contributed by atoms with Crippen LogP contribution in [0.1, 0.15) is 25.0 Å². The van der Waals surface area contributed by atoms with Crippen LogP contribution in [0.4, 0.5) is 0 Å². The van der Waals surface area contributed by atoms with Gasteiger partial charge in [0.15, 0.2) is 0 Å². The van der Waals surface area contributed by atoms with Gasteiger partial charge < -0.3 is 9.80 Å². The predicted molar refractivity (Wildman–Crippen MR) is 87.7 cm³/mol. The first-order chi connectivity index (χ1) is 11.1. The molecule has 3 heterocycles. The van der Waals surface area contributed by atoms with E-state index in [1.54, 1.807) is 0 Å². The lowest BCUT2D eigenvalue weighted by molar-refractivity contribution is -0.134. The third-order valence-corrected chi connectivity index (χ3v) is 5.22. The Bertz CT molecular complexity index is 514. The SMILES string of the molecule is CN1CCN(C(=O)CC2CCN(Cc3cnnn3C)CC2)CC1. The molecular weight excluding hydrogens is 292 g/mol. The van der Waals surface area contributed by atoms with Crippen LogP contribution < -0.4 is 0 Å². The molecule has 3 rings (SSSR count). The fourth-order valence-electron chi connectivity index (χ4n) is 3.46. The molecular formula is C16H28N6O. The van der Waals surface area contributed by atoms with Crippen molar-refractivity contribution in [1.29, 1.82) is 0 Å². The maximum atomic E-state index is 12.4. The average Bonchev–Trinajstić information content (AvgIpc) is 2.95. The Morgan fingerprint density at radius 2 is 1.83 bits per heavy atom. The molecule has 128 valence electrons. The number of carbonyl (C=O) groups excluding carboxylic acids is 1. The first kappa shape index (κ1) is 16.4. The Morgan fingerprint density at radius 3 is 2.43 bits per heavy atom. The van der Waals surface area contributed by atoms with E-state index in [4.69, 9.17) is 0 Å². The average molecular weight is 320 g/mol. The number of amides is 1. The van der Waals surface area contributed by atoms with Gasteiger partial charge in [-0.15, -0.1) is 5.10 Å². The zero-order valence-corrected chi connectivity index (χ0v) is 14.3. The highest BCUT2D eigenvalue weighted by atomic mass is 16.2. The minimum absolute atomic E-state index is 0.354. The smallest absolute Gasteiger partial charge is 0.222 e. The number of piperidine rings is 1. The molecule has 23 heavy (non-hydrogen) atoms. The first-order valence-corrected chi connectivity index (χ1v) is 8.64. The van der Waals surface area contributed by atoms with Crippen LogP contribution in [0.3, 0.4) is 0 Å². The van der Waals surface area contributed by atoms with Gasteiger partial charge in [-0.05, 0) is 38.9 Å². The number of carbonyl (C=O) groups is 1. The Hall–Kier alpha value is -1.47. The number of hydrogen-bond acceptors (Lipinski definition) is 5. The molecule has 0 atom stereocenters. The summed E-state index contributed by atoms with van der Waals surface area (Å²) in [5, 5.41) is 7.91. The van der Waals surface area contributed by atoms with Gasteiger partial charge in [-0.25, -0.2) is 0 Å². The molecule has 0 aromatic carbocycles. The summed E-state index contributed by atoms with van der Waals surface area (Å²) < 4.78 is 1.84. The van der Waals surface area contributed by atoms with Crippen molar-refractivity contribution in [3.05, 3.63) is 11.9 Å². The highest BCUT2D eigenvalue weighted by Crippen LogP contribution is 2.22. The zero-order chi connectivity index (χ0) is 16.2. The van der Waals surface area contributed by atoms with Crippen molar-refractivity contribution in [3.63, 3.8) is 0 Å². The summed E-state index contributed by atoms with van der Waals surface area (Å²) in [6.07, 6.45) is 4.79. The predicted octanol–water partition coefficient (Wildman–Crippen LogP) is 0.191. The zero-order valence-electron chi connectivity index (χ0n) is 14.3.